The lowest BCUT2D eigenvalue weighted by atomic mass is 9.99. The molecule has 0 saturated heterocycles. The molecule has 0 radical (unpaired) electrons. The van der Waals surface area contributed by atoms with Gasteiger partial charge in [0.25, 0.3) is 0 Å². The van der Waals surface area contributed by atoms with Crippen LogP contribution in [0.2, 0.25) is 0 Å². The van der Waals surface area contributed by atoms with Gasteiger partial charge in [0.1, 0.15) is 0 Å². The Morgan fingerprint density at radius 3 is 1.44 bits per heavy atom. The standard InChI is InChI=1S/C18H10/c1-3-13(4-2)18-16-11-7-5-9-14(16)15-10-6-8-12-17(15)18/h1-2,5-12H. The summed E-state index contributed by atoms with van der Waals surface area (Å²) >= 11 is 0. The van der Waals surface area contributed by atoms with Gasteiger partial charge < -0.3 is 0 Å². The fraction of sp³-hybridized carbons (Fsp3) is 0. The lowest BCUT2D eigenvalue weighted by molar-refractivity contribution is 1.65. The first-order chi connectivity index (χ1) is 8.86. The number of fused-ring (bicyclic) bond motifs is 3. The Kier molecular flexibility index (Phi) is 2.30. The highest BCUT2D eigenvalue weighted by atomic mass is 14.3. The average Bonchev–Trinajstić information content (AvgIpc) is 2.76. The lowest BCUT2D eigenvalue weighted by Gasteiger charge is -2.03. The minimum Gasteiger partial charge on any atom is -0.114 e. The van der Waals surface area contributed by atoms with Gasteiger partial charge in [-0.05, 0) is 22.3 Å². The van der Waals surface area contributed by atoms with Gasteiger partial charge in [0.15, 0.2) is 0 Å². The first-order valence-corrected chi connectivity index (χ1v) is 5.73. The predicted octanol–water partition coefficient (Wildman–Crippen LogP) is 3.74. The van der Waals surface area contributed by atoms with Crippen molar-refractivity contribution in [2.45, 2.75) is 0 Å². The van der Waals surface area contributed by atoms with Crippen molar-refractivity contribution in [2.75, 3.05) is 0 Å². The van der Waals surface area contributed by atoms with E-state index >= 15 is 0 Å². The molecule has 82 valence electrons. The summed E-state index contributed by atoms with van der Waals surface area (Å²) in [6, 6.07) is 16.4. The molecule has 0 atom stereocenters. The van der Waals surface area contributed by atoms with Gasteiger partial charge in [-0.15, -0.1) is 12.8 Å². The Balaban J connectivity index is 2.47. The lowest BCUT2D eigenvalue weighted by Crippen LogP contribution is -1.86. The highest BCUT2D eigenvalue weighted by Crippen LogP contribution is 2.45. The molecule has 0 fully saturated rings. The number of hydrogen-bond donors (Lipinski definition) is 0. The second kappa shape index (κ2) is 3.95. The summed E-state index contributed by atoms with van der Waals surface area (Å²) in [5, 5.41) is 0. The molecule has 0 spiro atoms. The van der Waals surface area contributed by atoms with Gasteiger partial charge >= 0.3 is 0 Å². The zero-order valence-corrected chi connectivity index (χ0v) is 9.77. The van der Waals surface area contributed by atoms with Crippen molar-refractivity contribution in [1.29, 1.82) is 0 Å². The van der Waals surface area contributed by atoms with E-state index in [1.807, 2.05) is 24.3 Å². The van der Waals surface area contributed by atoms with E-state index in [2.05, 4.69) is 36.1 Å². The Labute approximate surface area is 107 Å². The van der Waals surface area contributed by atoms with Crippen LogP contribution in [0.5, 0.6) is 0 Å². The van der Waals surface area contributed by atoms with E-state index in [1.54, 1.807) is 0 Å². The minimum absolute atomic E-state index is 0.618. The smallest absolute Gasteiger partial charge is 0.0823 e. The maximum Gasteiger partial charge on any atom is 0.0823 e. The van der Waals surface area contributed by atoms with E-state index in [9.17, 15) is 0 Å². The molecule has 0 saturated carbocycles. The number of benzene rings is 2. The third-order valence-electron chi connectivity index (χ3n) is 3.22. The first kappa shape index (κ1) is 10.5. The molecule has 0 heterocycles. The Morgan fingerprint density at radius 2 is 1.06 bits per heavy atom. The molecule has 1 aliphatic carbocycles. The molecule has 0 nitrogen and oxygen atoms in total. The van der Waals surface area contributed by atoms with Crippen molar-refractivity contribution >= 4 is 5.57 Å². The summed E-state index contributed by atoms with van der Waals surface area (Å²) in [6.07, 6.45) is 11.1. The van der Waals surface area contributed by atoms with Gasteiger partial charge in [0.2, 0.25) is 0 Å². The van der Waals surface area contributed by atoms with Crippen LogP contribution in [0.3, 0.4) is 0 Å². The summed E-state index contributed by atoms with van der Waals surface area (Å²) < 4.78 is 0. The van der Waals surface area contributed by atoms with Crippen LogP contribution in [0.1, 0.15) is 11.1 Å². The van der Waals surface area contributed by atoms with Crippen molar-refractivity contribution in [3.05, 3.63) is 65.2 Å². The van der Waals surface area contributed by atoms with E-state index in [4.69, 9.17) is 12.8 Å². The summed E-state index contributed by atoms with van der Waals surface area (Å²) in [4.78, 5) is 0. The first-order valence-electron chi connectivity index (χ1n) is 5.73. The molecule has 0 bridgehead atoms. The summed E-state index contributed by atoms with van der Waals surface area (Å²) in [6.45, 7) is 0. The van der Waals surface area contributed by atoms with Crippen LogP contribution in [-0.4, -0.2) is 0 Å². The highest BCUT2D eigenvalue weighted by Gasteiger charge is 2.24. The fourth-order valence-corrected chi connectivity index (χ4v) is 2.47. The SMILES string of the molecule is C#CC(C#C)=C1c2ccccc2-c2ccccc21. The van der Waals surface area contributed by atoms with E-state index < -0.39 is 0 Å². The van der Waals surface area contributed by atoms with Gasteiger partial charge in [-0.2, -0.15) is 0 Å². The molecule has 1 aliphatic rings. The van der Waals surface area contributed by atoms with Crippen LogP contribution in [-0.2, 0) is 0 Å². The molecule has 0 N–H and O–H groups in total. The van der Waals surface area contributed by atoms with Crippen molar-refractivity contribution in [3.8, 4) is 35.8 Å². The maximum atomic E-state index is 5.53. The van der Waals surface area contributed by atoms with Crippen LogP contribution in [0.4, 0.5) is 0 Å². The largest absolute Gasteiger partial charge is 0.114 e. The minimum atomic E-state index is 0.618. The molecule has 18 heavy (non-hydrogen) atoms. The Bertz CT molecular complexity index is 683. The van der Waals surface area contributed by atoms with Gasteiger partial charge in [-0.1, -0.05) is 60.4 Å². The zero-order valence-electron chi connectivity index (χ0n) is 9.77. The monoisotopic (exact) mass is 226 g/mol. The van der Waals surface area contributed by atoms with Crippen LogP contribution >= 0.6 is 0 Å². The highest BCUT2D eigenvalue weighted by molar-refractivity contribution is 6.04. The number of rotatable bonds is 0. The van der Waals surface area contributed by atoms with Gasteiger partial charge in [-0.25, -0.2) is 0 Å². The molecule has 2 aromatic carbocycles. The van der Waals surface area contributed by atoms with Crippen LogP contribution < -0.4 is 0 Å². The molecule has 0 aliphatic heterocycles. The molecule has 0 aromatic heterocycles. The van der Waals surface area contributed by atoms with Crippen molar-refractivity contribution in [2.24, 2.45) is 0 Å². The van der Waals surface area contributed by atoms with E-state index in [0.29, 0.717) is 5.57 Å². The fourth-order valence-electron chi connectivity index (χ4n) is 2.47. The second-order valence-electron chi connectivity index (χ2n) is 4.13. The van der Waals surface area contributed by atoms with Crippen LogP contribution in [0.15, 0.2) is 54.1 Å². The molecule has 2 aromatic rings. The van der Waals surface area contributed by atoms with Gasteiger partial charge in [0.05, 0.1) is 5.57 Å². The quantitative estimate of drug-likeness (QED) is 0.512. The summed E-state index contributed by atoms with van der Waals surface area (Å²) in [7, 11) is 0. The summed E-state index contributed by atoms with van der Waals surface area (Å²) in [5.74, 6) is 5.24. The molecule has 3 rings (SSSR count). The molecule has 0 amide bonds. The number of allylic oxidation sites excluding steroid dienone is 1. The Hall–Kier alpha value is -2.70. The number of terminal acetylenes is 2. The second-order valence-corrected chi connectivity index (χ2v) is 4.13. The van der Waals surface area contributed by atoms with Gasteiger partial charge in [0, 0.05) is 5.57 Å². The normalized spacial score (nSPS) is 11.1. The third-order valence-corrected chi connectivity index (χ3v) is 3.22. The average molecular weight is 226 g/mol. The van der Waals surface area contributed by atoms with Crippen molar-refractivity contribution in [3.63, 3.8) is 0 Å². The zero-order chi connectivity index (χ0) is 12.5. The summed E-state index contributed by atoms with van der Waals surface area (Å²) in [5.41, 5.74) is 6.28. The molecule has 0 heteroatoms. The molecular weight excluding hydrogens is 216 g/mol. The predicted molar refractivity (Wildman–Crippen MR) is 75.6 cm³/mol. The van der Waals surface area contributed by atoms with E-state index in [1.165, 1.54) is 11.1 Å². The van der Waals surface area contributed by atoms with E-state index in [0.717, 1.165) is 16.7 Å². The van der Waals surface area contributed by atoms with E-state index in [-0.39, 0.29) is 0 Å². The Morgan fingerprint density at radius 1 is 0.667 bits per heavy atom. The molecular formula is C18H10. The van der Waals surface area contributed by atoms with Crippen molar-refractivity contribution < 1.29 is 0 Å². The third kappa shape index (κ3) is 1.30. The maximum absolute atomic E-state index is 5.53. The van der Waals surface area contributed by atoms with Gasteiger partial charge in [-0.3, -0.25) is 0 Å². The molecule has 0 unspecified atom stereocenters. The van der Waals surface area contributed by atoms with Crippen LogP contribution in [0, 0.1) is 24.7 Å². The topological polar surface area (TPSA) is 0 Å². The van der Waals surface area contributed by atoms with Crippen LogP contribution in [0.25, 0.3) is 16.7 Å². The number of hydrogen-bond acceptors (Lipinski definition) is 0. The van der Waals surface area contributed by atoms with Crippen molar-refractivity contribution in [1.82, 2.24) is 0 Å².